The van der Waals surface area contributed by atoms with Crippen molar-refractivity contribution in [2.24, 2.45) is 0 Å². The molecule has 10 heteroatoms. The number of hydrogen-bond acceptors (Lipinski definition) is 6. The fourth-order valence-corrected chi connectivity index (χ4v) is 9.33. The highest BCUT2D eigenvalue weighted by molar-refractivity contribution is 9.11. The Labute approximate surface area is 228 Å². The summed E-state index contributed by atoms with van der Waals surface area (Å²) in [5.41, 5.74) is 2.38. The summed E-state index contributed by atoms with van der Waals surface area (Å²) in [7, 11) is 3.51. The molecule has 0 bridgehead atoms. The first-order valence-electron chi connectivity index (χ1n) is 10.1. The largest absolute Gasteiger partial charge is 0.309 e. The standard InChI is InChI=1S/C24H14Br2N2O2S4/c1-27-21(15-5-3-11(31-15)13-7-9-17(25)33-13)19-20(23(27)29)22(28(2)24(19)30)16-6-4-12(32-16)14-8-10-18(26)34-14/h3-10H,1-2H3. The molecule has 6 rings (SSSR count). The van der Waals surface area contributed by atoms with Gasteiger partial charge in [0.25, 0.3) is 11.8 Å². The van der Waals surface area contributed by atoms with Gasteiger partial charge in [0.15, 0.2) is 0 Å². The highest BCUT2D eigenvalue weighted by Gasteiger charge is 2.47. The maximum atomic E-state index is 13.5. The fraction of sp³-hybridized carbons (Fsp3) is 0.0833. The number of likely N-dealkylation sites (N-methyl/N-ethyl adjacent to an activating group) is 2. The molecule has 0 aliphatic carbocycles. The number of hydrogen-bond donors (Lipinski definition) is 0. The van der Waals surface area contributed by atoms with Gasteiger partial charge >= 0.3 is 0 Å². The fourth-order valence-electron chi connectivity index (χ4n) is 4.19. The number of fused-ring (bicyclic) bond motifs is 1. The zero-order chi connectivity index (χ0) is 23.7. The lowest BCUT2D eigenvalue weighted by atomic mass is 10.1. The van der Waals surface area contributed by atoms with Crippen molar-refractivity contribution >= 4 is 100 Å². The van der Waals surface area contributed by atoms with Gasteiger partial charge in [-0.1, -0.05) is 0 Å². The summed E-state index contributed by atoms with van der Waals surface area (Å²) < 4.78 is 2.14. The van der Waals surface area contributed by atoms with Crippen LogP contribution in [0.15, 0.2) is 67.2 Å². The molecule has 0 saturated heterocycles. The second-order valence-corrected chi connectivity index (χ2v) is 14.8. The predicted molar refractivity (Wildman–Crippen MR) is 150 cm³/mol. The zero-order valence-corrected chi connectivity index (χ0v) is 24.2. The van der Waals surface area contributed by atoms with Crippen molar-refractivity contribution in [1.29, 1.82) is 0 Å². The first-order valence-corrected chi connectivity index (χ1v) is 15.0. The van der Waals surface area contributed by atoms with E-state index in [1.807, 2.05) is 24.3 Å². The first-order chi connectivity index (χ1) is 16.3. The van der Waals surface area contributed by atoms with Crippen LogP contribution < -0.4 is 0 Å². The zero-order valence-electron chi connectivity index (χ0n) is 17.7. The minimum atomic E-state index is -0.139. The van der Waals surface area contributed by atoms with Crippen molar-refractivity contribution in [2.75, 3.05) is 14.1 Å². The number of halogens is 2. The summed E-state index contributed by atoms with van der Waals surface area (Å²) in [6, 6.07) is 16.3. The van der Waals surface area contributed by atoms with Gasteiger partial charge in [0.2, 0.25) is 0 Å². The van der Waals surface area contributed by atoms with Crippen molar-refractivity contribution in [2.45, 2.75) is 0 Å². The Kier molecular flexibility index (Phi) is 5.58. The molecule has 34 heavy (non-hydrogen) atoms. The van der Waals surface area contributed by atoms with Crippen LogP contribution in [0.4, 0.5) is 0 Å². The topological polar surface area (TPSA) is 40.6 Å². The van der Waals surface area contributed by atoms with E-state index in [0.29, 0.717) is 22.5 Å². The van der Waals surface area contributed by atoms with E-state index in [0.717, 1.165) is 36.8 Å². The van der Waals surface area contributed by atoms with Gasteiger partial charge in [-0.25, -0.2) is 0 Å². The molecule has 0 unspecified atom stereocenters. The Morgan fingerprint density at radius 3 is 1.21 bits per heavy atom. The van der Waals surface area contributed by atoms with Crippen LogP contribution in [0.3, 0.4) is 0 Å². The Balaban J connectivity index is 1.47. The van der Waals surface area contributed by atoms with E-state index in [1.165, 1.54) is 0 Å². The molecule has 0 saturated carbocycles. The third kappa shape index (κ3) is 3.46. The smallest absolute Gasteiger partial charge is 0.261 e. The van der Waals surface area contributed by atoms with Gasteiger partial charge in [-0.05, 0) is 80.4 Å². The van der Waals surface area contributed by atoms with Crippen molar-refractivity contribution in [3.63, 3.8) is 0 Å². The summed E-state index contributed by atoms with van der Waals surface area (Å²) in [5.74, 6) is -0.277. The second kappa shape index (κ2) is 8.39. The van der Waals surface area contributed by atoms with Crippen molar-refractivity contribution in [3.05, 3.63) is 77.0 Å². The molecule has 4 nitrogen and oxygen atoms in total. The quantitative estimate of drug-likeness (QED) is 0.226. The summed E-state index contributed by atoms with van der Waals surface area (Å²) in [4.78, 5) is 36.5. The summed E-state index contributed by atoms with van der Waals surface area (Å²) in [6.45, 7) is 0. The van der Waals surface area contributed by atoms with E-state index >= 15 is 0 Å². The van der Waals surface area contributed by atoms with Crippen molar-refractivity contribution in [3.8, 4) is 19.5 Å². The number of amides is 2. The Morgan fingerprint density at radius 1 is 0.529 bits per heavy atom. The monoisotopic (exact) mass is 648 g/mol. The molecule has 0 fully saturated rings. The normalized spacial score (nSPS) is 16.0. The third-order valence-corrected chi connectivity index (χ3v) is 11.6. The molecule has 0 radical (unpaired) electrons. The number of thiophene rings is 4. The van der Waals surface area contributed by atoms with Gasteiger partial charge in [0, 0.05) is 33.6 Å². The highest BCUT2D eigenvalue weighted by Crippen LogP contribution is 2.49. The lowest BCUT2D eigenvalue weighted by Gasteiger charge is -2.18. The third-order valence-electron chi connectivity index (χ3n) is 5.74. The molecular weight excluding hydrogens is 636 g/mol. The van der Waals surface area contributed by atoms with Gasteiger partial charge in [0.05, 0.1) is 39.9 Å². The van der Waals surface area contributed by atoms with Crippen LogP contribution in [-0.4, -0.2) is 35.7 Å². The minimum absolute atomic E-state index is 0.139. The molecule has 2 aliphatic heterocycles. The second-order valence-electron chi connectivity index (χ2n) is 7.71. The van der Waals surface area contributed by atoms with Crippen molar-refractivity contribution in [1.82, 2.24) is 9.80 Å². The molecule has 0 spiro atoms. The van der Waals surface area contributed by atoms with E-state index < -0.39 is 0 Å². The number of nitrogens with zero attached hydrogens (tertiary/aromatic N) is 2. The Bertz CT molecular complexity index is 1450. The average Bonchev–Trinajstić information content (AvgIpc) is 3.62. The maximum Gasteiger partial charge on any atom is 0.261 e. The maximum absolute atomic E-state index is 13.5. The predicted octanol–water partition coefficient (Wildman–Crippen LogP) is 7.86. The van der Waals surface area contributed by atoms with Crippen LogP contribution in [-0.2, 0) is 9.59 Å². The summed E-state index contributed by atoms with van der Waals surface area (Å²) in [6.07, 6.45) is 0. The first kappa shape index (κ1) is 22.6. The van der Waals surface area contributed by atoms with Crippen molar-refractivity contribution < 1.29 is 9.59 Å². The molecule has 170 valence electrons. The molecular formula is C24H14Br2N2O2S4. The van der Waals surface area contributed by atoms with E-state index in [1.54, 1.807) is 69.2 Å². The molecule has 2 aliphatic rings. The lowest BCUT2D eigenvalue weighted by Crippen LogP contribution is -2.24. The molecule has 0 N–H and O–H groups in total. The number of carbonyl (C=O) groups is 2. The molecule has 6 heterocycles. The highest BCUT2D eigenvalue weighted by atomic mass is 79.9. The van der Waals surface area contributed by atoms with Crippen LogP contribution in [0.25, 0.3) is 30.9 Å². The average molecular weight is 650 g/mol. The molecule has 4 aromatic heterocycles. The molecule has 0 atom stereocenters. The van der Waals surface area contributed by atoms with Gasteiger partial charge in [-0.15, -0.1) is 45.3 Å². The SMILES string of the molecule is CN1C(=O)C2=C(c3ccc(-c4ccc(Br)s4)s3)N(C)C(=O)C2=C1c1ccc(-c2ccc(Br)s2)s1. The van der Waals surface area contributed by atoms with E-state index in [2.05, 4.69) is 56.1 Å². The number of carbonyl (C=O) groups excluding carboxylic acids is 2. The van der Waals surface area contributed by atoms with Crippen LogP contribution in [0.2, 0.25) is 0 Å². The lowest BCUT2D eigenvalue weighted by molar-refractivity contribution is -0.123. The van der Waals surface area contributed by atoms with Crippen LogP contribution in [0.5, 0.6) is 0 Å². The van der Waals surface area contributed by atoms with Gasteiger partial charge in [-0.2, -0.15) is 0 Å². The molecule has 4 aromatic rings. The van der Waals surface area contributed by atoms with Gasteiger partial charge < -0.3 is 9.80 Å². The van der Waals surface area contributed by atoms with E-state index in [9.17, 15) is 9.59 Å². The van der Waals surface area contributed by atoms with Crippen LogP contribution in [0.1, 0.15) is 9.75 Å². The number of rotatable bonds is 4. The molecule has 2 amide bonds. The molecule has 0 aromatic carbocycles. The Morgan fingerprint density at radius 2 is 0.853 bits per heavy atom. The van der Waals surface area contributed by atoms with Gasteiger partial charge in [-0.3, -0.25) is 9.59 Å². The summed E-state index contributed by atoms with van der Waals surface area (Å²) in [5, 5.41) is 0. The van der Waals surface area contributed by atoms with Crippen LogP contribution in [0, 0.1) is 0 Å². The van der Waals surface area contributed by atoms with E-state index in [4.69, 9.17) is 0 Å². The van der Waals surface area contributed by atoms with Gasteiger partial charge in [0.1, 0.15) is 0 Å². The minimum Gasteiger partial charge on any atom is -0.309 e. The van der Waals surface area contributed by atoms with E-state index in [-0.39, 0.29) is 11.8 Å². The Hall–Kier alpha value is -1.82. The summed E-state index contributed by atoms with van der Waals surface area (Å²) >= 11 is 13.6. The van der Waals surface area contributed by atoms with Crippen LogP contribution >= 0.6 is 77.2 Å².